The Hall–Kier alpha value is -1.64. The number of carbonyl (C=O) groups is 1. The van der Waals surface area contributed by atoms with Crippen molar-refractivity contribution in [2.24, 2.45) is 0 Å². The smallest absolute Gasteiger partial charge is 0.311 e. The predicted octanol–water partition coefficient (Wildman–Crippen LogP) is 3.05. The van der Waals surface area contributed by atoms with Gasteiger partial charge in [0.15, 0.2) is 0 Å². The Labute approximate surface area is 194 Å². The molecular weight excluding hydrogens is 426 g/mol. The zero-order chi connectivity index (χ0) is 23.6. The third-order valence-corrected chi connectivity index (χ3v) is 7.51. The van der Waals surface area contributed by atoms with E-state index in [9.17, 15) is 13.2 Å². The molecule has 1 heterocycles. The van der Waals surface area contributed by atoms with Crippen LogP contribution in [0.3, 0.4) is 0 Å². The highest BCUT2D eigenvalue weighted by molar-refractivity contribution is 7.87. The van der Waals surface area contributed by atoms with Crippen LogP contribution >= 0.6 is 0 Å². The van der Waals surface area contributed by atoms with Gasteiger partial charge in [-0.2, -0.15) is 8.42 Å². The lowest BCUT2D eigenvalue weighted by atomic mass is 10.0. The summed E-state index contributed by atoms with van der Waals surface area (Å²) in [7, 11) is -3.57. The molecule has 1 N–H and O–H groups in total. The van der Waals surface area contributed by atoms with E-state index in [1.807, 2.05) is 17.0 Å². The second-order valence-corrected chi connectivity index (χ2v) is 11.0. The van der Waals surface area contributed by atoms with E-state index in [1.54, 1.807) is 26.0 Å². The van der Waals surface area contributed by atoms with Crippen LogP contribution in [-0.4, -0.2) is 74.7 Å². The van der Waals surface area contributed by atoms with Gasteiger partial charge >= 0.3 is 10.1 Å². The number of rotatable bonds is 13. The lowest BCUT2D eigenvalue weighted by molar-refractivity contribution is -0.130. The summed E-state index contributed by atoms with van der Waals surface area (Å²) in [6.07, 6.45) is 4.69. The summed E-state index contributed by atoms with van der Waals surface area (Å²) in [6.45, 7) is 13.0. The molecule has 8 heteroatoms. The van der Waals surface area contributed by atoms with Crippen LogP contribution in [0.2, 0.25) is 0 Å². The first-order valence-electron chi connectivity index (χ1n) is 12.0. The summed E-state index contributed by atoms with van der Waals surface area (Å²) in [5, 5.41) is 2.71. The second kappa shape index (κ2) is 13.2. The number of hydrogen-bond acceptors (Lipinski definition) is 6. The molecule has 0 saturated carbocycles. The third kappa shape index (κ3) is 8.71. The largest absolute Gasteiger partial charge is 0.382 e. The molecule has 0 aliphatic carbocycles. The van der Waals surface area contributed by atoms with Gasteiger partial charge in [0.1, 0.15) is 5.75 Å². The summed E-state index contributed by atoms with van der Waals surface area (Å²) >= 11 is 0. The minimum absolute atomic E-state index is 0.266. The number of hydrogen-bond donors (Lipinski definition) is 1. The maximum absolute atomic E-state index is 12.1. The number of carbonyl (C=O) groups excluding carboxylic acids is 1. The SMILES string of the molecule is CCCN(CCCCN1CCNCCC1=O)C(C)Cc1ccc(OS(=O)(=O)C(C)C)cc1. The van der Waals surface area contributed by atoms with Crippen molar-refractivity contribution in [3.05, 3.63) is 29.8 Å². The highest BCUT2D eigenvalue weighted by Gasteiger charge is 2.19. The van der Waals surface area contributed by atoms with Gasteiger partial charge in [0.2, 0.25) is 5.91 Å². The molecule has 1 aliphatic heterocycles. The van der Waals surface area contributed by atoms with Gasteiger partial charge in [-0.1, -0.05) is 19.1 Å². The zero-order valence-electron chi connectivity index (χ0n) is 20.2. The Morgan fingerprint density at radius 2 is 1.81 bits per heavy atom. The normalized spacial score (nSPS) is 16.4. The van der Waals surface area contributed by atoms with Crippen molar-refractivity contribution in [2.75, 3.05) is 39.3 Å². The van der Waals surface area contributed by atoms with E-state index >= 15 is 0 Å². The minimum atomic E-state index is -3.57. The molecular formula is C24H41N3O4S. The first-order valence-corrected chi connectivity index (χ1v) is 13.4. The number of nitrogens with zero attached hydrogens (tertiary/aromatic N) is 2. The number of amides is 1. The van der Waals surface area contributed by atoms with Gasteiger partial charge in [-0.25, -0.2) is 0 Å². The van der Waals surface area contributed by atoms with Crippen LogP contribution in [0, 0.1) is 0 Å². The fraction of sp³-hybridized carbons (Fsp3) is 0.708. The highest BCUT2D eigenvalue weighted by Crippen LogP contribution is 2.18. The summed E-state index contributed by atoms with van der Waals surface area (Å²) in [5.74, 6) is 0.626. The fourth-order valence-electron chi connectivity index (χ4n) is 3.89. The Morgan fingerprint density at radius 1 is 1.09 bits per heavy atom. The molecule has 0 aromatic heterocycles. The van der Waals surface area contributed by atoms with Crippen LogP contribution in [0.1, 0.15) is 58.9 Å². The zero-order valence-corrected chi connectivity index (χ0v) is 21.0. The number of unbranched alkanes of at least 4 members (excludes halogenated alkanes) is 1. The molecule has 182 valence electrons. The van der Waals surface area contributed by atoms with E-state index in [0.717, 1.165) is 70.5 Å². The standard InChI is InChI=1S/C24H41N3O4S/c1-5-15-26(16-6-7-17-27-18-14-25-13-12-24(27)28)21(4)19-22-8-10-23(11-9-22)31-32(29,30)20(2)3/h8-11,20-21,25H,5-7,12-19H2,1-4H3. The number of benzene rings is 1. The van der Waals surface area contributed by atoms with Crippen LogP contribution in [0.25, 0.3) is 0 Å². The predicted molar refractivity (Wildman–Crippen MR) is 129 cm³/mol. The molecule has 1 unspecified atom stereocenters. The Kier molecular flexibility index (Phi) is 10.9. The highest BCUT2D eigenvalue weighted by atomic mass is 32.2. The van der Waals surface area contributed by atoms with Crippen LogP contribution in [0.4, 0.5) is 0 Å². The second-order valence-electron chi connectivity index (χ2n) is 8.95. The summed E-state index contributed by atoms with van der Waals surface area (Å²) in [6, 6.07) is 7.75. The molecule has 1 aromatic carbocycles. The van der Waals surface area contributed by atoms with Crippen molar-refractivity contribution in [1.29, 1.82) is 0 Å². The lowest BCUT2D eigenvalue weighted by Crippen LogP contribution is -2.37. The molecule has 2 rings (SSSR count). The van der Waals surface area contributed by atoms with E-state index in [-0.39, 0.29) is 5.91 Å². The Bertz CT molecular complexity index is 796. The molecule has 1 aliphatic rings. The maximum atomic E-state index is 12.1. The van der Waals surface area contributed by atoms with Crippen molar-refractivity contribution >= 4 is 16.0 Å². The minimum Gasteiger partial charge on any atom is -0.382 e. The van der Waals surface area contributed by atoms with Gasteiger partial charge in [0.05, 0.1) is 5.25 Å². The first-order chi connectivity index (χ1) is 15.2. The van der Waals surface area contributed by atoms with Crippen molar-refractivity contribution in [2.45, 2.75) is 71.1 Å². The molecule has 32 heavy (non-hydrogen) atoms. The molecule has 1 atom stereocenters. The van der Waals surface area contributed by atoms with Crippen molar-refractivity contribution in [3.63, 3.8) is 0 Å². The third-order valence-electron chi connectivity index (χ3n) is 5.93. The molecule has 0 spiro atoms. The van der Waals surface area contributed by atoms with E-state index < -0.39 is 15.4 Å². The van der Waals surface area contributed by atoms with Crippen LogP contribution in [-0.2, 0) is 21.3 Å². The average molecular weight is 468 g/mol. The topological polar surface area (TPSA) is 79.0 Å². The molecule has 1 fully saturated rings. The number of nitrogens with one attached hydrogen (secondary N) is 1. The molecule has 7 nitrogen and oxygen atoms in total. The van der Waals surface area contributed by atoms with Crippen molar-refractivity contribution in [3.8, 4) is 5.75 Å². The van der Waals surface area contributed by atoms with Crippen LogP contribution in [0.5, 0.6) is 5.75 Å². The van der Waals surface area contributed by atoms with Crippen LogP contribution in [0.15, 0.2) is 24.3 Å². The molecule has 0 radical (unpaired) electrons. The fourth-order valence-corrected chi connectivity index (χ4v) is 4.46. The van der Waals surface area contributed by atoms with Gasteiger partial charge in [-0.3, -0.25) is 4.79 Å². The van der Waals surface area contributed by atoms with Gasteiger partial charge < -0.3 is 19.3 Å². The quantitative estimate of drug-likeness (QED) is 0.355. The molecule has 0 bridgehead atoms. The summed E-state index contributed by atoms with van der Waals surface area (Å²) < 4.78 is 29.0. The Balaban J connectivity index is 1.82. The lowest BCUT2D eigenvalue weighted by Gasteiger charge is -2.29. The van der Waals surface area contributed by atoms with E-state index in [0.29, 0.717) is 18.2 Å². The monoisotopic (exact) mass is 467 g/mol. The van der Waals surface area contributed by atoms with Crippen molar-refractivity contribution in [1.82, 2.24) is 15.1 Å². The van der Waals surface area contributed by atoms with Gasteiger partial charge in [-0.15, -0.1) is 0 Å². The van der Waals surface area contributed by atoms with Crippen LogP contribution < -0.4 is 9.50 Å². The van der Waals surface area contributed by atoms with E-state index in [4.69, 9.17) is 4.18 Å². The summed E-state index contributed by atoms with van der Waals surface area (Å²) in [5.41, 5.74) is 1.16. The molecule has 1 saturated heterocycles. The maximum Gasteiger partial charge on any atom is 0.311 e. The Morgan fingerprint density at radius 3 is 2.47 bits per heavy atom. The van der Waals surface area contributed by atoms with Gasteiger partial charge in [0.25, 0.3) is 0 Å². The first kappa shape index (κ1) is 26.6. The van der Waals surface area contributed by atoms with Gasteiger partial charge in [-0.05, 0) is 77.2 Å². The van der Waals surface area contributed by atoms with Crippen molar-refractivity contribution < 1.29 is 17.4 Å². The van der Waals surface area contributed by atoms with Gasteiger partial charge in [0, 0.05) is 38.6 Å². The average Bonchev–Trinajstić information content (AvgIpc) is 2.95. The summed E-state index contributed by atoms with van der Waals surface area (Å²) in [4.78, 5) is 16.6. The van der Waals surface area contributed by atoms with E-state index in [2.05, 4.69) is 24.1 Å². The molecule has 1 amide bonds. The molecule has 1 aromatic rings. The van der Waals surface area contributed by atoms with E-state index in [1.165, 1.54) is 0 Å².